The second-order valence-corrected chi connectivity index (χ2v) is 3.15. The predicted molar refractivity (Wildman–Crippen MR) is 41.2 cm³/mol. The summed E-state index contributed by atoms with van der Waals surface area (Å²) in [5, 5.41) is 9.46. The Morgan fingerprint density at radius 2 is 2.27 bits per heavy atom. The molecule has 0 aliphatic carbocycles. The van der Waals surface area contributed by atoms with Crippen LogP contribution in [0.3, 0.4) is 0 Å². The molecule has 2 saturated heterocycles. The fourth-order valence-electron chi connectivity index (χ4n) is 1.73. The lowest BCUT2D eigenvalue weighted by Gasteiger charge is -2.36. The van der Waals surface area contributed by atoms with Crippen LogP contribution in [0.25, 0.3) is 0 Å². The normalized spacial score (nSPS) is 37.6. The minimum absolute atomic E-state index is 0.133. The quantitative estimate of drug-likeness (QED) is 0.396. The third-order valence-corrected chi connectivity index (χ3v) is 2.35. The van der Waals surface area contributed by atoms with Crippen LogP contribution in [0.15, 0.2) is 0 Å². The van der Waals surface area contributed by atoms with Crippen molar-refractivity contribution < 1.29 is 4.79 Å². The Bertz CT molecular complexity index is 171. The van der Waals surface area contributed by atoms with Crippen molar-refractivity contribution in [1.29, 1.82) is 0 Å². The first-order chi connectivity index (χ1) is 5.36. The number of carbonyl (C=O) groups is 1. The zero-order valence-electron chi connectivity index (χ0n) is 6.39. The maximum absolute atomic E-state index is 10.9. The van der Waals surface area contributed by atoms with Crippen LogP contribution in [0.4, 0.5) is 0 Å². The molecule has 2 heterocycles. The monoisotopic (exact) mass is 155 g/mol. The number of rotatable bonds is 0. The Balaban J connectivity index is 1.98. The van der Waals surface area contributed by atoms with Gasteiger partial charge in [-0.3, -0.25) is 4.79 Å². The predicted octanol–water partition coefficient (Wildman–Crippen LogP) is -1.56. The molecule has 2 unspecified atom stereocenters. The van der Waals surface area contributed by atoms with Gasteiger partial charge in [0.2, 0.25) is 5.91 Å². The van der Waals surface area contributed by atoms with E-state index in [1.165, 1.54) is 0 Å². The molecule has 2 atom stereocenters. The summed E-state index contributed by atoms with van der Waals surface area (Å²) >= 11 is 0. The number of piperazine rings is 1. The molecule has 0 spiro atoms. The SMILES string of the molecule is O=C1CNC2CNCCC2N1. The molecule has 0 aromatic heterocycles. The number of hydrogen-bond acceptors (Lipinski definition) is 3. The maximum atomic E-state index is 10.9. The van der Waals surface area contributed by atoms with E-state index in [1.807, 2.05) is 0 Å². The maximum Gasteiger partial charge on any atom is 0.234 e. The Labute approximate surface area is 65.7 Å². The van der Waals surface area contributed by atoms with Crippen molar-refractivity contribution in [3.63, 3.8) is 0 Å². The molecule has 11 heavy (non-hydrogen) atoms. The van der Waals surface area contributed by atoms with E-state index in [1.54, 1.807) is 0 Å². The van der Waals surface area contributed by atoms with Crippen molar-refractivity contribution in [2.45, 2.75) is 18.5 Å². The number of hydrogen-bond donors (Lipinski definition) is 3. The van der Waals surface area contributed by atoms with Crippen molar-refractivity contribution in [2.75, 3.05) is 19.6 Å². The van der Waals surface area contributed by atoms with Crippen LogP contribution in [0.1, 0.15) is 6.42 Å². The lowest BCUT2D eigenvalue weighted by molar-refractivity contribution is -0.123. The van der Waals surface area contributed by atoms with Gasteiger partial charge in [-0.25, -0.2) is 0 Å². The van der Waals surface area contributed by atoms with Crippen LogP contribution < -0.4 is 16.0 Å². The van der Waals surface area contributed by atoms with E-state index in [9.17, 15) is 4.79 Å². The summed E-state index contributed by atoms with van der Waals surface area (Å²) < 4.78 is 0. The van der Waals surface area contributed by atoms with Gasteiger partial charge in [-0.15, -0.1) is 0 Å². The van der Waals surface area contributed by atoms with Crippen LogP contribution >= 0.6 is 0 Å². The topological polar surface area (TPSA) is 53.2 Å². The lowest BCUT2D eigenvalue weighted by atomic mass is 9.99. The van der Waals surface area contributed by atoms with Crippen molar-refractivity contribution in [3.8, 4) is 0 Å². The number of amides is 1. The molecule has 2 rings (SSSR count). The summed E-state index contributed by atoms with van der Waals surface area (Å²) in [6, 6.07) is 0.805. The van der Waals surface area contributed by atoms with E-state index in [0.29, 0.717) is 18.6 Å². The average Bonchev–Trinajstić information content (AvgIpc) is 2.04. The van der Waals surface area contributed by atoms with Gasteiger partial charge in [0, 0.05) is 18.6 Å². The van der Waals surface area contributed by atoms with Crippen molar-refractivity contribution in [1.82, 2.24) is 16.0 Å². The van der Waals surface area contributed by atoms with Crippen LogP contribution in [0.5, 0.6) is 0 Å². The van der Waals surface area contributed by atoms with Gasteiger partial charge >= 0.3 is 0 Å². The van der Waals surface area contributed by atoms with Gasteiger partial charge in [-0.2, -0.15) is 0 Å². The molecule has 0 aromatic rings. The third kappa shape index (κ3) is 1.36. The van der Waals surface area contributed by atoms with E-state index in [0.717, 1.165) is 19.5 Å². The largest absolute Gasteiger partial charge is 0.351 e. The van der Waals surface area contributed by atoms with Crippen LogP contribution in [-0.2, 0) is 4.79 Å². The van der Waals surface area contributed by atoms with Crippen molar-refractivity contribution >= 4 is 5.91 Å². The molecule has 0 aromatic carbocycles. The molecule has 2 fully saturated rings. The van der Waals surface area contributed by atoms with Gasteiger partial charge in [-0.05, 0) is 13.0 Å². The summed E-state index contributed by atoms with van der Waals surface area (Å²) in [4.78, 5) is 10.9. The molecular weight excluding hydrogens is 142 g/mol. The summed E-state index contributed by atoms with van der Waals surface area (Å²) in [7, 11) is 0. The minimum atomic E-state index is 0.133. The molecule has 0 bridgehead atoms. The van der Waals surface area contributed by atoms with Crippen molar-refractivity contribution in [3.05, 3.63) is 0 Å². The highest BCUT2D eigenvalue weighted by Gasteiger charge is 2.29. The zero-order chi connectivity index (χ0) is 7.68. The fraction of sp³-hybridized carbons (Fsp3) is 0.857. The molecule has 0 radical (unpaired) electrons. The number of fused-ring (bicyclic) bond motifs is 1. The smallest absolute Gasteiger partial charge is 0.234 e. The highest BCUT2D eigenvalue weighted by molar-refractivity contribution is 5.79. The Morgan fingerprint density at radius 1 is 1.36 bits per heavy atom. The first kappa shape index (κ1) is 7.06. The minimum Gasteiger partial charge on any atom is -0.351 e. The van der Waals surface area contributed by atoms with Gasteiger partial charge in [0.1, 0.15) is 0 Å². The van der Waals surface area contributed by atoms with Gasteiger partial charge in [0.15, 0.2) is 0 Å². The summed E-state index contributed by atoms with van der Waals surface area (Å²) in [6.45, 7) is 2.47. The van der Waals surface area contributed by atoms with Gasteiger partial charge < -0.3 is 16.0 Å². The highest BCUT2D eigenvalue weighted by Crippen LogP contribution is 2.05. The molecule has 0 saturated carbocycles. The summed E-state index contributed by atoms with van der Waals surface area (Å²) in [5.41, 5.74) is 0. The summed E-state index contributed by atoms with van der Waals surface area (Å²) in [5.74, 6) is 0.133. The lowest BCUT2D eigenvalue weighted by Crippen LogP contribution is -2.64. The van der Waals surface area contributed by atoms with Crippen molar-refractivity contribution in [2.24, 2.45) is 0 Å². The Kier molecular flexibility index (Phi) is 1.79. The molecule has 2 aliphatic heterocycles. The molecular formula is C7H13N3O. The van der Waals surface area contributed by atoms with E-state index in [4.69, 9.17) is 0 Å². The Morgan fingerprint density at radius 3 is 3.18 bits per heavy atom. The van der Waals surface area contributed by atoms with Crippen LogP contribution in [0, 0.1) is 0 Å². The molecule has 3 N–H and O–H groups in total. The van der Waals surface area contributed by atoms with Gasteiger partial charge in [0.25, 0.3) is 0 Å². The van der Waals surface area contributed by atoms with Crippen LogP contribution in [0.2, 0.25) is 0 Å². The summed E-state index contributed by atoms with van der Waals surface area (Å²) in [6.07, 6.45) is 1.05. The first-order valence-corrected chi connectivity index (χ1v) is 4.10. The highest BCUT2D eigenvalue weighted by atomic mass is 16.2. The van der Waals surface area contributed by atoms with Gasteiger partial charge in [0.05, 0.1) is 6.54 Å². The molecule has 4 heteroatoms. The third-order valence-electron chi connectivity index (χ3n) is 2.35. The zero-order valence-corrected chi connectivity index (χ0v) is 6.39. The Hall–Kier alpha value is -0.610. The molecule has 62 valence electrons. The second kappa shape index (κ2) is 2.79. The first-order valence-electron chi connectivity index (χ1n) is 4.10. The van der Waals surface area contributed by atoms with Crippen LogP contribution in [-0.4, -0.2) is 37.6 Å². The molecule has 1 amide bonds. The number of piperidine rings is 1. The van der Waals surface area contributed by atoms with E-state index in [2.05, 4.69) is 16.0 Å². The number of carbonyl (C=O) groups excluding carboxylic acids is 1. The fourth-order valence-corrected chi connectivity index (χ4v) is 1.73. The van der Waals surface area contributed by atoms with E-state index < -0.39 is 0 Å². The number of nitrogens with one attached hydrogen (secondary N) is 3. The van der Waals surface area contributed by atoms with E-state index >= 15 is 0 Å². The second-order valence-electron chi connectivity index (χ2n) is 3.15. The molecule has 4 nitrogen and oxygen atoms in total. The molecule has 2 aliphatic rings. The standard InChI is InChI=1S/C7H13N3O/c11-7-4-9-6-3-8-2-1-5(6)10-7/h5-6,8-9H,1-4H2,(H,10,11). The average molecular weight is 155 g/mol. The van der Waals surface area contributed by atoms with E-state index in [-0.39, 0.29) is 5.91 Å². The van der Waals surface area contributed by atoms with Gasteiger partial charge in [-0.1, -0.05) is 0 Å².